The summed E-state index contributed by atoms with van der Waals surface area (Å²) >= 11 is 0. The maximum atomic E-state index is 11.2. The van der Waals surface area contributed by atoms with E-state index in [-0.39, 0.29) is 11.0 Å². The molecule has 0 aromatic carbocycles. The maximum Gasteiger partial charge on any atom is 0.207 e. The van der Waals surface area contributed by atoms with Crippen LogP contribution in [0.5, 0.6) is 0 Å². The van der Waals surface area contributed by atoms with Gasteiger partial charge in [0.15, 0.2) is 0 Å². The van der Waals surface area contributed by atoms with E-state index in [1.165, 1.54) is 83.5 Å². The number of carboxylic acids is 1. The molecule has 1 aliphatic rings. The van der Waals surface area contributed by atoms with Gasteiger partial charge >= 0.3 is 0 Å². The highest BCUT2D eigenvalue weighted by atomic mass is 16.4. The Labute approximate surface area is 197 Å². The van der Waals surface area contributed by atoms with Gasteiger partial charge in [0.25, 0.3) is 0 Å². The van der Waals surface area contributed by atoms with Gasteiger partial charge in [0, 0.05) is 13.0 Å². The minimum absolute atomic E-state index is 0.0751. The number of aliphatic carboxylic acids is 1. The van der Waals surface area contributed by atoms with Crippen LogP contribution in [0, 0.1) is 0 Å². The minimum Gasteiger partial charge on any atom is -0.544 e. The van der Waals surface area contributed by atoms with E-state index in [0.29, 0.717) is 13.1 Å². The number of hydrogen-bond acceptors (Lipinski definition) is 4. The van der Waals surface area contributed by atoms with Gasteiger partial charge in [-0.05, 0) is 32.1 Å². The highest BCUT2D eigenvalue weighted by molar-refractivity contribution is 5.80. The maximum absolute atomic E-state index is 11.2. The monoisotopic (exact) mass is 447 g/mol. The van der Waals surface area contributed by atoms with Crippen molar-refractivity contribution in [1.29, 1.82) is 0 Å². The summed E-state index contributed by atoms with van der Waals surface area (Å²) in [6.45, 7) is 3.19. The lowest BCUT2D eigenvalue weighted by atomic mass is 10.1. The Kier molecular flexibility index (Phi) is 17.0. The van der Waals surface area contributed by atoms with E-state index in [0.717, 1.165) is 31.5 Å². The number of amidine groups is 1. The Bertz CT molecular complexity index is 571. The van der Waals surface area contributed by atoms with Gasteiger partial charge in [0.05, 0.1) is 12.2 Å². The van der Waals surface area contributed by atoms with Crippen molar-refractivity contribution in [1.82, 2.24) is 0 Å². The zero-order chi connectivity index (χ0) is 23.3. The summed E-state index contributed by atoms with van der Waals surface area (Å²) in [6.07, 6.45) is 30.1. The Balaban J connectivity index is 1.96. The molecule has 1 atom stereocenters. The predicted molar refractivity (Wildman–Crippen MR) is 134 cm³/mol. The van der Waals surface area contributed by atoms with Crippen LogP contribution in [0.25, 0.3) is 0 Å². The molecule has 5 nitrogen and oxygen atoms in total. The molecular formula is C27H49N3O2. The first kappa shape index (κ1) is 28.6. The smallest absolute Gasteiger partial charge is 0.207 e. The molecule has 0 bridgehead atoms. The van der Waals surface area contributed by atoms with E-state index >= 15 is 0 Å². The van der Waals surface area contributed by atoms with Crippen molar-refractivity contribution >= 4 is 11.8 Å². The van der Waals surface area contributed by atoms with Gasteiger partial charge in [-0.3, -0.25) is 0 Å². The lowest BCUT2D eigenvalue weighted by molar-refractivity contribution is -0.780. The number of aliphatic imine (C=N–C) groups is 1. The topological polar surface area (TPSA) is 78.5 Å². The molecule has 0 aromatic rings. The van der Waals surface area contributed by atoms with Gasteiger partial charge in [0.1, 0.15) is 19.3 Å². The number of allylic oxidation sites excluding steroid dienone is 2. The summed E-state index contributed by atoms with van der Waals surface area (Å²) in [5.41, 5.74) is 5.70. The number of hydrogen-bond donors (Lipinski definition) is 1. The fourth-order valence-electron chi connectivity index (χ4n) is 4.51. The van der Waals surface area contributed by atoms with E-state index in [1.807, 2.05) is 6.20 Å². The Hall–Kier alpha value is -1.46. The highest BCUT2D eigenvalue weighted by Crippen LogP contribution is 2.20. The van der Waals surface area contributed by atoms with E-state index in [4.69, 9.17) is 5.73 Å². The quantitative estimate of drug-likeness (QED) is 0.133. The summed E-state index contributed by atoms with van der Waals surface area (Å²) in [5.74, 6) is -0.146. The molecule has 2 N–H and O–H groups in total. The van der Waals surface area contributed by atoms with Crippen LogP contribution < -0.4 is 10.8 Å². The molecule has 0 aliphatic carbocycles. The van der Waals surface area contributed by atoms with Gasteiger partial charge in [-0.25, -0.2) is 9.48 Å². The number of unbranched alkanes of at least 4 members (excludes halogenated alkanes) is 14. The molecule has 184 valence electrons. The van der Waals surface area contributed by atoms with Crippen molar-refractivity contribution in [3.63, 3.8) is 0 Å². The van der Waals surface area contributed by atoms with Crippen LogP contribution in [0.15, 0.2) is 29.5 Å². The number of carboxylic acid groups (broad SMARTS) is 1. The van der Waals surface area contributed by atoms with Crippen LogP contribution in [0.3, 0.4) is 0 Å². The highest BCUT2D eigenvalue weighted by Gasteiger charge is 2.34. The first-order valence-electron chi connectivity index (χ1n) is 13.3. The van der Waals surface area contributed by atoms with Crippen LogP contribution in [-0.4, -0.2) is 35.9 Å². The molecule has 32 heavy (non-hydrogen) atoms. The van der Waals surface area contributed by atoms with Gasteiger partial charge < -0.3 is 15.6 Å². The first-order valence-corrected chi connectivity index (χ1v) is 13.3. The number of quaternary nitrogens is 1. The van der Waals surface area contributed by atoms with Crippen molar-refractivity contribution in [2.24, 2.45) is 10.7 Å². The number of nitrogens with two attached hydrogens (primary N) is 1. The van der Waals surface area contributed by atoms with E-state index in [2.05, 4.69) is 24.1 Å². The van der Waals surface area contributed by atoms with Crippen molar-refractivity contribution in [2.75, 3.05) is 19.6 Å². The Morgan fingerprint density at radius 3 is 1.97 bits per heavy atom. The van der Waals surface area contributed by atoms with Gasteiger partial charge in [-0.1, -0.05) is 89.7 Å². The van der Waals surface area contributed by atoms with Crippen molar-refractivity contribution in [3.05, 3.63) is 24.6 Å². The molecule has 1 unspecified atom stereocenters. The molecule has 1 aliphatic heterocycles. The number of carbonyl (C=O) groups excluding carboxylic acids is 1. The molecule has 0 amide bonds. The van der Waals surface area contributed by atoms with Crippen LogP contribution in [0.2, 0.25) is 0 Å². The van der Waals surface area contributed by atoms with E-state index in [9.17, 15) is 9.90 Å². The lowest BCUT2D eigenvalue weighted by Crippen LogP contribution is -2.55. The fraction of sp³-hybridized carbons (Fsp3) is 0.778. The largest absolute Gasteiger partial charge is 0.544 e. The normalized spacial score (nSPS) is 18.0. The second kappa shape index (κ2) is 19.0. The molecule has 0 radical (unpaired) electrons. The summed E-state index contributed by atoms with van der Waals surface area (Å²) < 4.78 is 0.234. The standard InChI is InChI=1S/C27H49N3O2/c1-2-3-4-5-6-7-8-9-10-11-12-13-14-15-16-17-18-19-20-26-29-22-24-30(26,23-21-28)25-27(31)32/h14-15,22,24H,2-13,16-21,23,25,28H2,1H3/b15-14+. The Morgan fingerprint density at radius 2 is 1.44 bits per heavy atom. The SMILES string of the molecule is CCCCCCCCCCCCC/C=C/CCCCCC1=NC=C[N+]1(CCN)CC(=O)[O-]. The van der Waals surface area contributed by atoms with Crippen LogP contribution in [0.1, 0.15) is 116 Å². The zero-order valence-electron chi connectivity index (χ0n) is 20.7. The van der Waals surface area contributed by atoms with E-state index in [1.54, 1.807) is 6.20 Å². The molecular weight excluding hydrogens is 398 g/mol. The predicted octanol–water partition coefficient (Wildman–Crippen LogP) is 5.60. The van der Waals surface area contributed by atoms with Crippen molar-refractivity contribution in [3.8, 4) is 0 Å². The van der Waals surface area contributed by atoms with E-state index < -0.39 is 5.97 Å². The summed E-state index contributed by atoms with van der Waals surface area (Å²) in [5, 5.41) is 11.2. The molecule has 0 saturated heterocycles. The third kappa shape index (κ3) is 13.2. The molecule has 1 rings (SSSR count). The van der Waals surface area contributed by atoms with Crippen LogP contribution >= 0.6 is 0 Å². The summed E-state index contributed by atoms with van der Waals surface area (Å²) in [6, 6.07) is 0. The number of rotatable bonds is 22. The number of carbonyl (C=O) groups is 1. The molecule has 1 heterocycles. The third-order valence-electron chi connectivity index (χ3n) is 6.44. The third-order valence-corrected chi connectivity index (χ3v) is 6.44. The average Bonchev–Trinajstić information content (AvgIpc) is 3.14. The lowest BCUT2D eigenvalue weighted by Gasteiger charge is -2.32. The van der Waals surface area contributed by atoms with Crippen molar-refractivity contribution in [2.45, 2.75) is 116 Å². The minimum atomic E-state index is -1.05. The van der Waals surface area contributed by atoms with Crippen LogP contribution in [0.4, 0.5) is 0 Å². The second-order valence-electron chi connectivity index (χ2n) is 9.31. The summed E-state index contributed by atoms with van der Waals surface area (Å²) in [4.78, 5) is 15.6. The van der Waals surface area contributed by atoms with Crippen molar-refractivity contribution < 1.29 is 14.4 Å². The molecule has 0 aromatic heterocycles. The Morgan fingerprint density at radius 1 is 0.906 bits per heavy atom. The molecule has 0 fully saturated rings. The second-order valence-corrected chi connectivity index (χ2v) is 9.31. The fourth-order valence-corrected chi connectivity index (χ4v) is 4.51. The van der Waals surface area contributed by atoms with Gasteiger partial charge in [-0.2, -0.15) is 0 Å². The molecule has 5 heteroatoms. The number of nitrogens with zero attached hydrogens (tertiary/aromatic N) is 2. The van der Waals surface area contributed by atoms with Gasteiger partial charge in [0.2, 0.25) is 5.84 Å². The summed E-state index contributed by atoms with van der Waals surface area (Å²) in [7, 11) is 0. The van der Waals surface area contributed by atoms with Crippen LogP contribution in [-0.2, 0) is 4.79 Å². The first-order chi connectivity index (χ1) is 15.6. The average molecular weight is 448 g/mol. The zero-order valence-corrected chi connectivity index (χ0v) is 20.7. The molecule has 0 saturated carbocycles. The van der Waals surface area contributed by atoms with Gasteiger partial charge in [-0.15, -0.1) is 0 Å². The molecule has 0 spiro atoms.